The lowest BCUT2D eigenvalue weighted by Gasteiger charge is -2.05. The van der Waals surface area contributed by atoms with Crippen LogP contribution in [0.4, 0.5) is 5.69 Å². The molecule has 0 radical (unpaired) electrons. The maximum absolute atomic E-state index is 5.97. The van der Waals surface area contributed by atoms with Crippen molar-refractivity contribution in [2.45, 2.75) is 37.3 Å². The van der Waals surface area contributed by atoms with Crippen molar-refractivity contribution in [2.24, 2.45) is 0 Å². The molecule has 0 saturated carbocycles. The predicted molar refractivity (Wildman–Crippen MR) is 81.4 cm³/mol. The van der Waals surface area contributed by atoms with Crippen LogP contribution >= 0.6 is 23.1 Å². The highest BCUT2D eigenvalue weighted by Crippen LogP contribution is 2.30. The Hall–Kier alpha value is -1.00. The van der Waals surface area contributed by atoms with Crippen LogP contribution in [0.2, 0.25) is 0 Å². The number of nitrogen functional groups attached to an aromatic ring is 1. The second-order valence-corrected chi connectivity index (χ2v) is 6.57. The Balaban J connectivity index is 2.04. The van der Waals surface area contributed by atoms with Crippen molar-refractivity contribution in [3.8, 4) is 0 Å². The molecule has 0 aliphatic rings. The first-order valence-corrected chi connectivity index (χ1v) is 7.86. The molecule has 0 saturated heterocycles. The number of benzene rings is 1. The van der Waals surface area contributed by atoms with Gasteiger partial charge < -0.3 is 5.73 Å². The summed E-state index contributed by atoms with van der Waals surface area (Å²) in [5.74, 6) is 1.40. The normalized spacial score (nSPS) is 11.1. The summed E-state index contributed by atoms with van der Waals surface area (Å²) in [5, 5.41) is 3.36. The van der Waals surface area contributed by atoms with Gasteiger partial charge in [-0.2, -0.15) is 0 Å². The van der Waals surface area contributed by atoms with Crippen molar-refractivity contribution < 1.29 is 0 Å². The summed E-state index contributed by atoms with van der Waals surface area (Å²) >= 11 is 3.50. The molecule has 0 spiro atoms. The largest absolute Gasteiger partial charge is 0.398 e. The maximum atomic E-state index is 5.97. The molecule has 1 aromatic heterocycles. The van der Waals surface area contributed by atoms with Crippen molar-refractivity contribution >= 4 is 28.8 Å². The fourth-order valence-electron chi connectivity index (χ4n) is 1.57. The van der Waals surface area contributed by atoms with Gasteiger partial charge in [-0.25, -0.2) is 4.98 Å². The van der Waals surface area contributed by atoms with Crippen molar-refractivity contribution in [1.82, 2.24) is 4.98 Å². The fourth-order valence-corrected chi connectivity index (χ4v) is 3.47. The Bertz CT molecular complexity index is 532. The zero-order valence-corrected chi connectivity index (χ0v) is 12.6. The van der Waals surface area contributed by atoms with Gasteiger partial charge in [0, 0.05) is 27.6 Å². The van der Waals surface area contributed by atoms with Crippen LogP contribution in [0.25, 0.3) is 0 Å². The third kappa shape index (κ3) is 3.27. The summed E-state index contributed by atoms with van der Waals surface area (Å²) in [6.45, 7) is 6.44. The van der Waals surface area contributed by atoms with E-state index in [1.807, 2.05) is 12.1 Å². The SMILES string of the molecule is Cc1ccc(N)c(SCc2csc(C(C)C)n2)c1. The lowest BCUT2D eigenvalue weighted by atomic mass is 10.2. The third-order valence-electron chi connectivity index (χ3n) is 2.61. The van der Waals surface area contributed by atoms with E-state index in [4.69, 9.17) is 5.73 Å². The Morgan fingerprint density at radius 2 is 2.17 bits per heavy atom. The molecule has 0 atom stereocenters. The quantitative estimate of drug-likeness (QED) is 0.663. The zero-order valence-electron chi connectivity index (χ0n) is 10.9. The summed E-state index contributed by atoms with van der Waals surface area (Å²) in [6, 6.07) is 6.15. The number of hydrogen-bond donors (Lipinski definition) is 1. The summed E-state index contributed by atoms with van der Waals surface area (Å²) in [5.41, 5.74) is 9.21. The minimum Gasteiger partial charge on any atom is -0.398 e. The van der Waals surface area contributed by atoms with Crippen LogP contribution in [0, 0.1) is 6.92 Å². The molecule has 0 aliphatic heterocycles. The van der Waals surface area contributed by atoms with Gasteiger partial charge in [0.05, 0.1) is 10.7 Å². The number of rotatable bonds is 4. The lowest BCUT2D eigenvalue weighted by molar-refractivity contribution is 0.846. The number of aromatic nitrogens is 1. The van der Waals surface area contributed by atoms with E-state index in [1.54, 1.807) is 23.1 Å². The molecule has 0 fully saturated rings. The molecule has 96 valence electrons. The average molecular weight is 278 g/mol. The van der Waals surface area contributed by atoms with Gasteiger partial charge in [-0.1, -0.05) is 19.9 Å². The van der Waals surface area contributed by atoms with E-state index in [0.717, 1.165) is 22.0 Å². The first-order valence-electron chi connectivity index (χ1n) is 5.99. The van der Waals surface area contributed by atoms with Gasteiger partial charge in [-0.15, -0.1) is 23.1 Å². The number of nitrogens with two attached hydrogens (primary N) is 1. The van der Waals surface area contributed by atoms with Gasteiger partial charge in [0.25, 0.3) is 0 Å². The summed E-state index contributed by atoms with van der Waals surface area (Å²) < 4.78 is 0. The highest BCUT2D eigenvalue weighted by Gasteiger charge is 2.07. The van der Waals surface area contributed by atoms with Crippen molar-refractivity contribution in [3.05, 3.63) is 39.8 Å². The minimum atomic E-state index is 0.512. The summed E-state index contributed by atoms with van der Waals surface area (Å²) in [4.78, 5) is 5.78. The van der Waals surface area contributed by atoms with E-state index >= 15 is 0 Å². The van der Waals surface area contributed by atoms with Crippen LogP contribution in [0.3, 0.4) is 0 Å². The highest BCUT2D eigenvalue weighted by atomic mass is 32.2. The fraction of sp³-hybridized carbons (Fsp3) is 0.357. The van der Waals surface area contributed by atoms with Crippen LogP contribution in [0.5, 0.6) is 0 Å². The van der Waals surface area contributed by atoms with Crippen LogP contribution in [0.1, 0.15) is 36.0 Å². The van der Waals surface area contributed by atoms with Crippen molar-refractivity contribution in [2.75, 3.05) is 5.73 Å². The van der Waals surface area contributed by atoms with Crippen molar-refractivity contribution in [3.63, 3.8) is 0 Å². The molecule has 0 amide bonds. The molecule has 2 rings (SSSR count). The van der Waals surface area contributed by atoms with E-state index < -0.39 is 0 Å². The maximum Gasteiger partial charge on any atom is 0.0954 e. The topological polar surface area (TPSA) is 38.9 Å². The molecule has 18 heavy (non-hydrogen) atoms. The summed E-state index contributed by atoms with van der Waals surface area (Å²) in [7, 11) is 0. The van der Waals surface area contributed by atoms with Gasteiger partial charge in [-0.05, 0) is 24.6 Å². The number of thioether (sulfide) groups is 1. The third-order valence-corrected chi connectivity index (χ3v) is 4.91. The molecular formula is C14H18N2S2. The van der Waals surface area contributed by atoms with E-state index in [9.17, 15) is 0 Å². The number of nitrogens with zero attached hydrogens (tertiary/aromatic N) is 1. The number of hydrogen-bond acceptors (Lipinski definition) is 4. The molecule has 0 bridgehead atoms. The van der Waals surface area contributed by atoms with E-state index in [2.05, 4.69) is 37.2 Å². The van der Waals surface area contributed by atoms with Gasteiger partial charge in [0.2, 0.25) is 0 Å². The molecule has 2 aromatic rings. The second kappa shape index (κ2) is 5.76. The van der Waals surface area contributed by atoms with Crippen LogP contribution < -0.4 is 5.73 Å². The smallest absolute Gasteiger partial charge is 0.0954 e. The highest BCUT2D eigenvalue weighted by molar-refractivity contribution is 7.98. The van der Waals surface area contributed by atoms with Gasteiger partial charge in [-0.3, -0.25) is 0 Å². The number of aryl methyl sites for hydroxylation is 1. The molecule has 2 nitrogen and oxygen atoms in total. The average Bonchev–Trinajstić information content (AvgIpc) is 2.79. The minimum absolute atomic E-state index is 0.512. The number of thiazole rings is 1. The molecule has 0 aliphatic carbocycles. The Kier molecular flexibility index (Phi) is 4.30. The molecule has 0 unspecified atom stereocenters. The first kappa shape index (κ1) is 13.4. The Labute approximate surface area is 117 Å². The Morgan fingerprint density at radius 1 is 1.39 bits per heavy atom. The monoisotopic (exact) mass is 278 g/mol. The van der Waals surface area contributed by atoms with E-state index in [-0.39, 0.29) is 0 Å². The molecule has 4 heteroatoms. The van der Waals surface area contributed by atoms with Crippen molar-refractivity contribution in [1.29, 1.82) is 0 Å². The van der Waals surface area contributed by atoms with E-state index in [0.29, 0.717) is 5.92 Å². The Morgan fingerprint density at radius 3 is 2.83 bits per heavy atom. The molecule has 1 heterocycles. The molecule has 1 aromatic carbocycles. The van der Waals surface area contributed by atoms with Gasteiger partial charge >= 0.3 is 0 Å². The van der Waals surface area contributed by atoms with Gasteiger partial charge in [0.1, 0.15) is 0 Å². The zero-order chi connectivity index (χ0) is 13.1. The molecule has 2 N–H and O–H groups in total. The van der Waals surface area contributed by atoms with Crippen LogP contribution in [-0.4, -0.2) is 4.98 Å². The van der Waals surface area contributed by atoms with E-state index in [1.165, 1.54) is 10.6 Å². The summed E-state index contributed by atoms with van der Waals surface area (Å²) in [6.07, 6.45) is 0. The predicted octanol–water partition coefficient (Wildman–Crippen LogP) is 4.45. The van der Waals surface area contributed by atoms with Crippen LogP contribution in [-0.2, 0) is 5.75 Å². The first-order chi connectivity index (χ1) is 8.56. The molecular weight excluding hydrogens is 260 g/mol. The lowest BCUT2D eigenvalue weighted by Crippen LogP contribution is -1.91. The van der Waals surface area contributed by atoms with Gasteiger partial charge in [0.15, 0.2) is 0 Å². The van der Waals surface area contributed by atoms with Crippen LogP contribution in [0.15, 0.2) is 28.5 Å². The number of anilines is 1. The standard InChI is InChI=1S/C14H18N2S2/c1-9(2)14-16-11(8-18-14)7-17-13-6-10(3)4-5-12(13)15/h4-6,8-9H,7,15H2,1-3H3. The second-order valence-electron chi connectivity index (χ2n) is 4.66.